The van der Waals surface area contributed by atoms with Gasteiger partial charge in [0.1, 0.15) is 0 Å². The van der Waals surface area contributed by atoms with E-state index in [0.717, 1.165) is 36.8 Å². The molecule has 33 heavy (non-hydrogen) atoms. The first-order valence-electron chi connectivity index (χ1n) is 11.1. The summed E-state index contributed by atoms with van der Waals surface area (Å²) >= 11 is 0. The van der Waals surface area contributed by atoms with Crippen molar-refractivity contribution >= 4 is 11.8 Å². The molecule has 1 aliphatic carbocycles. The monoisotopic (exact) mass is 447 g/mol. The van der Waals surface area contributed by atoms with Crippen molar-refractivity contribution < 1.29 is 23.5 Å². The molecule has 0 saturated heterocycles. The second kappa shape index (κ2) is 8.69. The molecule has 8 nitrogen and oxygen atoms in total. The number of hydrogen-bond donors (Lipinski definition) is 0. The van der Waals surface area contributed by atoms with Gasteiger partial charge >= 0.3 is 0 Å². The Morgan fingerprint density at radius 3 is 2.58 bits per heavy atom. The van der Waals surface area contributed by atoms with Crippen molar-refractivity contribution in [1.29, 1.82) is 0 Å². The van der Waals surface area contributed by atoms with Crippen LogP contribution >= 0.6 is 0 Å². The van der Waals surface area contributed by atoms with Crippen LogP contribution in [0, 0.1) is 6.92 Å². The van der Waals surface area contributed by atoms with Crippen LogP contribution in [0.2, 0.25) is 0 Å². The van der Waals surface area contributed by atoms with Crippen molar-refractivity contribution in [2.45, 2.75) is 51.2 Å². The number of carbonyl (C=O) groups is 2. The van der Waals surface area contributed by atoms with Gasteiger partial charge in [-0.3, -0.25) is 14.5 Å². The molecule has 2 heterocycles. The maximum absolute atomic E-state index is 13.4. The first-order valence-corrected chi connectivity index (χ1v) is 11.1. The normalized spacial score (nSPS) is 16.8. The SMILES string of the molecule is COc1ccc([C@H](Cc2nnco2)N2C(=O)c3ccc(C)cc3C2=O)cc1OC1CCCC1. The van der Waals surface area contributed by atoms with Gasteiger partial charge in [-0.25, -0.2) is 0 Å². The van der Waals surface area contributed by atoms with Crippen LogP contribution in [0.1, 0.15) is 69.5 Å². The van der Waals surface area contributed by atoms with Gasteiger partial charge in [-0.1, -0.05) is 17.7 Å². The quantitative estimate of drug-likeness (QED) is 0.499. The van der Waals surface area contributed by atoms with Crippen LogP contribution in [0.3, 0.4) is 0 Å². The van der Waals surface area contributed by atoms with Crippen molar-refractivity contribution in [2.75, 3.05) is 7.11 Å². The molecule has 2 aromatic carbocycles. The Morgan fingerprint density at radius 1 is 1.06 bits per heavy atom. The van der Waals surface area contributed by atoms with E-state index in [-0.39, 0.29) is 24.3 Å². The average molecular weight is 447 g/mol. The Kier molecular flexibility index (Phi) is 5.58. The van der Waals surface area contributed by atoms with E-state index in [4.69, 9.17) is 13.9 Å². The van der Waals surface area contributed by atoms with E-state index in [1.54, 1.807) is 19.2 Å². The fourth-order valence-electron chi connectivity index (χ4n) is 4.64. The fraction of sp³-hybridized carbons (Fsp3) is 0.360. The molecule has 1 saturated carbocycles. The molecule has 8 heteroatoms. The Labute approximate surface area is 191 Å². The van der Waals surface area contributed by atoms with E-state index < -0.39 is 6.04 Å². The van der Waals surface area contributed by atoms with Crippen LogP contribution in [-0.4, -0.2) is 40.1 Å². The summed E-state index contributed by atoms with van der Waals surface area (Å²) < 4.78 is 17.1. The molecular weight excluding hydrogens is 422 g/mol. The summed E-state index contributed by atoms with van der Waals surface area (Å²) in [4.78, 5) is 28.0. The number of benzene rings is 2. The summed E-state index contributed by atoms with van der Waals surface area (Å²) in [7, 11) is 1.60. The lowest BCUT2D eigenvalue weighted by atomic mass is 10.0. The topological polar surface area (TPSA) is 94.8 Å². The minimum absolute atomic E-state index is 0.130. The van der Waals surface area contributed by atoms with E-state index in [0.29, 0.717) is 28.5 Å². The highest BCUT2D eigenvalue weighted by Gasteiger charge is 2.41. The molecule has 0 N–H and O–H groups in total. The van der Waals surface area contributed by atoms with Crippen molar-refractivity contribution in [3.63, 3.8) is 0 Å². The molecule has 0 spiro atoms. The summed E-state index contributed by atoms with van der Waals surface area (Å²) in [6, 6.07) is 10.2. The molecule has 5 rings (SSSR count). The molecule has 1 atom stereocenters. The fourth-order valence-corrected chi connectivity index (χ4v) is 4.64. The molecule has 1 aliphatic heterocycles. The highest BCUT2D eigenvalue weighted by Crippen LogP contribution is 2.38. The van der Waals surface area contributed by atoms with E-state index in [1.807, 2.05) is 31.2 Å². The maximum atomic E-state index is 13.4. The number of carbonyl (C=O) groups excluding carboxylic acids is 2. The van der Waals surface area contributed by atoms with Gasteiger partial charge in [0.2, 0.25) is 12.3 Å². The molecule has 2 amide bonds. The number of imide groups is 1. The Hall–Kier alpha value is -3.68. The third kappa shape index (κ3) is 3.97. The summed E-state index contributed by atoms with van der Waals surface area (Å²) in [5.41, 5.74) is 2.46. The van der Waals surface area contributed by atoms with E-state index >= 15 is 0 Å². The Balaban J connectivity index is 1.55. The molecule has 0 radical (unpaired) electrons. The van der Waals surface area contributed by atoms with Gasteiger partial charge in [0.25, 0.3) is 11.8 Å². The lowest BCUT2D eigenvalue weighted by Crippen LogP contribution is -2.35. The minimum atomic E-state index is -0.644. The summed E-state index contributed by atoms with van der Waals surface area (Å²) in [6.45, 7) is 1.90. The number of ether oxygens (including phenoxy) is 2. The van der Waals surface area contributed by atoms with Gasteiger partial charge in [-0.15, -0.1) is 10.2 Å². The van der Waals surface area contributed by atoms with Crippen LogP contribution in [0.4, 0.5) is 0 Å². The van der Waals surface area contributed by atoms with Crippen LogP contribution in [0.15, 0.2) is 47.2 Å². The lowest BCUT2D eigenvalue weighted by molar-refractivity contribution is 0.0576. The molecule has 3 aromatic rings. The van der Waals surface area contributed by atoms with Crippen LogP contribution in [0.25, 0.3) is 0 Å². The van der Waals surface area contributed by atoms with Gasteiger partial charge in [-0.2, -0.15) is 0 Å². The standard InChI is InChI=1S/C25H25N3O5/c1-15-7-9-18-19(11-15)25(30)28(24(18)29)20(13-23-27-26-14-32-23)16-8-10-21(31-2)22(12-16)33-17-5-3-4-6-17/h7-12,14,17,20H,3-6,13H2,1-2H3/t20-/m0/s1. The first-order chi connectivity index (χ1) is 16.0. The van der Waals surface area contributed by atoms with Gasteiger partial charge in [0.15, 0.2) is 11.5 Å². The summed E-state index contributed by atoms with van der Waals surface area (Å²) in [5, 5.41) is 7.73. The summed E-state index contributed by atoms with van der Waals surface area (Å²) in [6.07, 6.45) is 5.83. The highest BCUT2D eigenvalue weighted by atomic mass is 16.5. The molecule has 1 fully saturated rings. The first kappa shape index (κ1) is 21.2. The maximum Gasteiger partial charge on any atom is 0.262 e. The number of rotatable bonds is 7. The van der Waals surface area contributed by atoms with Crippen molar-refractivity contribution in [3.8, 4) is 11.5 Å². The number of aromatic nitrogens is 2. The largest absolute Gasteiger partial charge is 0.493 e. The molecule has 0 bridgehead atoms. The minimum Gasteiger partial charge on any atom is -0.493 e. The van der Waals surface area contributed by atoms with E-state index in [2.05, 4.69) is 10.2 Å². The Morgan fingerprint density at radius 2 is 1.85 bits per heavy atom. The smallest absolute Gasteiger partial charge is 0.262 e. The third-order valence-electron chi connectivity index (χ3n) is 6.33. The van der Waals surface area contributed by atoms with E-state index in [1.165, 1.54) is 11.3 Å². The second-order valence-corrected chi connectivity index (χ2v) is 8.52. The van der Waals surface area contributed by atoms with Gasteiger partial charge in [0, 0.05) is 0 Å². The van der Waals surface area contributed by atoms with Gasteiger partial charge in [0.05, 0.1) is 36.8 Å². The number of nitrogens with zero attached hydrogens (tertiary/aromatic N) is 3. The lowest BCUT2D eigenvalue weighted by Gasteiger charge is -2.27. The zero-order chi connectivity index (χ0) is 22.9. The average Bonchev–Trinajstić information content (AvgIpc) is 3.56. The van der Waals surface area contributed by atoms with Crippen molar-refractivity contribution in [3.05, 3.63) is 70.9 Å². The molecule has 2 aliphatic rings. The highest BCUT2D eigenvalue weighted by molar-refractivity contribution is 6.21. The predicted molar refractivity (Wildman–Crippen MR) is 118 cm³/mol. The molecule has 1 aromatic heterocycles. The number of amides is 2. The zero-order valence-corrected chi connectivity index (χ0v) is 18.6. The predicted octanol–water partition coefficient (Wildman–Crippen LogP) is 4.29. The second-order valence-electron chi connectivity index (χ2n) is 8.52. The molecule has 0 unspecified atom stereocenters. The molecule has 170 valence electrons. The molecular formula is C25H25N3O5. The van der Waals surface area contributed by atoms with E-state index in [9.17, 15) is 9.59 Å². The zero-order valence-electron chi connectivity index (χ0n) is 18.6. The number of methoxy groups -OCH3 is 1. The van der Waals surface area contributed by atoms with Crippen molar-refractivity contribution in [2.24, 2.45) is 0 Å². The van der Waals surface area contributed by atoms with Gasteiger partial charge < -0.3 is 13.9 Å². The van der Waals surface area contributed by atoms with Crippen molar-refractivity contribution in [1.82, 2.24) is 15.1 Å². The number of hydrogen-bond acceptors (Lipinski definition) is 7. The number of aryl methyl sites for hydroxylation is 1. The van der Waals surface area contributed by atoms with Crippen LogP contribution in [-0.2, 0) is 6.42 Å². The Bertz CT molecular complexity index is 1180. The van der Waals surface area contributed by atoms with Crippen LogP contribution in [0.5, 0.6) is 11.5 Å². The summed E-state index contributed by atoms with van der Waals surface area (Å²) in [5.74, 6) is 0.873. The van der Waals surface area contributed by atoms with Crippen LogP contribution < -0.4 is 9.47 Å². The number of fused-ring (bicyclic) bond motifs is 1. The third-order valence-corrected chi connectivity index (χ3v) is 6.33. The van der Waals surface area contributed by atoms with Gasteiger partial charge in [-0.05, 0) is 62.4 Å².